The maximum absolute atomic E-state index is 13.5. The lowest BCUT2D eigenvalue weighted by Gasteiger charge is -2.30. The van der Waals surface area contributed by atoms with E-state index in [1.165, 1.54) is 128 Å². The quantitative estimate of drug-likeness (QED) is 0.0212. The number of carbonyl (C=O) groups is 2. The first-order chi connectivity index (χ1) is 37.4. The number of hydrogen-bond donors (Lipinski definition) is 1. The van der Waals surface area contributed by atoms with Crippen molar-refractivity contribution in [3.63, 3.8) is 0 Å². The van der Waals surface area contributed by atoms with E-state index in [0.717, 1.165) is 109 Å². The Kier molecular flexibility index (Phi) is 54.4. The summed E-state index contributed by atoms with van der Waals surface area (Å²) in [6.07, 6.45) is 74.1. The molecule has 10 heteroatoms. The van der Waals surface area contributed by atoms with Crippen LogP contribution in [0.4, 0.5) is 0 Å². The van der Waals surface area contributed by atoms with Gasteiger partial charge in [-0.3, -0.25) is 14.2 Å². The molecule has 0 aliphatic heterocycles. The summed E-state index contributed by atoms with van der Waals surface area (Å²) in [6, 6.07) is -0.901. The molecule has 0 aromatic carbocycles. The maximum Gasteiger partial charge on any atom is 0.306 e. The molecule has 0 heterocycles. The van der Waals surface area contributed by atoms with Gasteiger partial charge in [0.2, 0.25) is 5.91 Å². The van der Waals surface area contributed by atoms with Crippen molar-refractivity contribution in [2.24, 2.45) is 0 Å². The number of hydrogen-bond acceptors (Lipinski definition) is 7. The van der Waals surface area contributed by atoms with E-state index in [-0.39, 0.29) is 24.9 Å². The summed E-state index contributed by atoms with van der Waals surface area (Å²) in [5.74, 6) is -0.566. The molecule has 0 aromatic rings. The first-order valence-corrected chi connectivity index (χ1v) is 33.4. The number of unbranched alkanes of at least 4 members (excludes halogenated alkanes) is 29. The van der Waals surface area contributed by atoms with Crippen LogP contribution < -0.4 is 10.2 Å². The van der Waals surface area contributed by atoms with Crippen LogP contribution >= 0.6 is 7.82 Å². The van der Waals surface area contributed by atoms with Gasteiger partial charge < -0.3 is 28.5 Å². The molecule has 0 aliphatic carbocycles. The molecule has 0 fully saturated rings. The predicted octanol–water partition coefficient (Wildman–Crippen LogP) is 19.1. The molecule has 0 rings (SSSR count). The van der Waals surface area contributed by atoms with Crippen LogP contribution in [-0.2, 0) is 27.9 Å². The highest BCUT2D eigenvalue weighted by molar-refractivity contribution is 7.45. The van der Waals surface area contributed by atoms with Crippen LogP contribution in [0, 0.1) is 0 Å². The Bertz CT molecular complexity index is 1590. The number of rotatable bonds is 57. The third-order valence-corrected chi connectivity index (χ3v) is 14.8. The summed E-state index contributed by atoms with van der Waals surface area (Å²) in [6.45, 7) is 6.71. The van der Waals surface area contributed by atoms with E-state index >= 15 is 0 Å². The number of quaternary nitrogens is 1. The largest absolute Gasteiger partial charge is 0.756 e. The van der Waals surface area contributed by atoms with Gasteiger partial charge >= 0.3 is 5.97 Å². The molecule has 3 atom stereocenters. The minimum absolute atomic E-state index is 0.0285. The fourth-order valence-corrected chi connectivity index (χ4v) is 9.62. The molecule has 0 radical (unpaired) electrons. The summed E-state index contributed by atoms with van der Waals surface area (Å²) < 4.78 is 30.3. The molecule has 77 heavy (non-hydrogen) atoms. The van der Waals surface area contributed by atoms with Crippen molar-refractivity contribution in [1.29, 1.82) is 0 Å². The number of nitrogens with one attached hydrogen (secondary N) is 1. The van der Waals surface area contributed by atoms with Crippen molar-refractivity contribution in [1.82, 2.24) is 5.32 Å². The number of ether oxygens (including phenoxy) is 1. The summed E-state index contributed by atoms with van der Waals surface area (Å²) >= 11 is 0. The predicted molar refractivity (Wildman–Crippen MR) is 330 cm³/mol. The Balaban J connectivity index is 5.17. The molecule has 1 amide bonds. The Morgan fingerprint density at radius 1 is 0.468 bits per heavy atom. The molecule has 0 saturated carbocycles. The summed E-state index contributed by atoms with van der Waals surface area (Å²) in [5.41, 5.74) is 0. The summed E-state index contributed by atoms with van der Waals surface area (Å²) in [4.78, 5) is 40.0. The molecule has 0 saturated heterocycles. The third-order valence-electron chi connectivity index (χ3n) is 13.8. The normalized spacial score (nSPS) is 14.2. The third kappa shape index (κ3) is 57.7. The van der Waals surface area contributed by atoms with Crippen LogP contribution in [0.15, 0.2) is 85.1 Å². The standard InChI is InChI=1S/C67H121N2O7P/c1-7-10-13-16-19-22-25-28-30-31-32-33-34-35-36-37-38-39-40-41-44-47-50-53-56-59-66(70)68-64(63-75-77(72,73)74-62-61-69(4,5)6)65(58-55-52-49-46-43-27-24-21-18-15-12-9-3)76-67(71)60-57-54-51-48-45-42-29-26-23-20-17-14-11-8-2/h10,13,19,22,28,30,32-33,35-36,42,45,55,58,64-65H,7-9,11-12,14-18,20-21,23-27,29,31,34,37-41,43-44,46-54,56-57,59-63H2,1-6H3,(H-,68,70,72,73)/b13-10-,22-19-,30-28-,33-32-,36-35-,45-42-,58-55-. The van der Waals surface area contributed by atoms with Gasteiger partial charge in [-0.1, -0.05) is 247 Å². The van der Waals surface area contributed by atoms with Gasteiger partial charge in [-0.15, -0.1) is 0 Å². The van der Waals surface area contributed by atoms with E-state index in [1.54, 1.807) is 0 Å². The molecule has 446 valence electrons. The molecular formula is C67H121N2O7P. The second kappa shape index (κ2) is 56.5. The second-order valence-electron chi connectivity index (χ2n) is 22.5. The molecule has 9 nitrogen and oxygen atoms in total. The van der Waals surface area contributed by atoms with Crippen LogP contribution in [0.3, 0.4) is 0 Å². The van der Waals surface area contributed by atoms with Gasteiger partial charge in [-0.25, -0.2) is 0 Å². The van der Waals surface area contributed by atoms with Crippen molar-refractivity contribution >= 4 is 19.7 Å². The number of phosphoric acid groups is 1. The average Bonchev–Trinajstić information content (AvgIpc) is 3.39. The van der Waals surface area contributed by atoms with Crippen LogP contribution in [0.5, 0.6) is 0 Å². The van der Waals surface area contributed by atoms with Crippen molar-refractivity contribution in [3.05, 3.63) is 85.1 Å². The topological polar surface area (TPSA) is 114 Å². The lowest BCUT2D eigenvalue weighted by molar-refractivity contribution is -0.870. The van der Waals surface area contributed by atoms with E-state index in [0.29, 0.717) is 23.9 Å². The molecule has 0 aliphatic rings. The number of esters is 1. The zero-order valence-corrected chi connectivity index (χ0v) is 51.8. The summed E-state index contributed by atoms with van der Waals surface area (Å²) in [7, 11) is 1.17. The molecule has 3 unspecified atom stereocenters. The fourth-order valence-electron chi connectivity index (χ4n) is 8.90. The highest BCUT2D eigenvalue weighted by Crippen LogP contribution is 2.38. The zero-order valence-electron chi connectivity index (χ0n) is 50.9. The minimum Gasteiger partial charge on any atom is -0.756 e. The lowest BCUT2D eigenvalue weighted by atomic mass is 10.0. The maximum atomic E-state index is 13.5. The Labute approximate surface area is 476 Å². The van der Waals surface area contributed by atoms with Crippen molar-refractivity contribution < 1.29 is 37.3 Å². The Morgan fingerprint density at radius 2 is 0.831 bits per heavy atom. The van der Waals surface area contributed by atoms with Crippen molar-refractivity contribution in [2.75, 3.05) is 40.9 Å². The zero-order chi connectivity index (χ0) is 56.4. The highest BCUT2D eigenvalue weighted by Gasteiger charge is 2.27. The molecule has 0 aromatic heterocycles. The first-order valence-electron chi connectivity index (χ1n) is 31.9. The van der Waals surface area contributed by atoms with Crippen LogP contribution in [0.2, 0.25) is 0 Å². The van der Waals surface area contributed by atoms with Gasteiger partial charge in [0.15, 0.2) is 0 Å². The monoisotopic (exact) mass is 1100 g/mol. The van der Waals surface area contributed by atoms with E-state index in [4.69, 9.17) is 13.8 Å². The van der Waals surface area contributed by atoms with Gasteiger partial charge in [0, 0.05) is 12.8 Å². The van der Waals surface area contributed by atoms with E-state index in [9.17, 15) is 19.0 Å². The van der Waals surface area contributed by atoms with Crippen LogP contribution in [-0.4, -0.2) is 69.4 Å². The van der Waals surface area contributed by atoms with Crippen molar-refractivity contribution in [2.45, 2.75) is 290 Å². The Morgan fingerprint density at radius 3 is 1.27 bits per heavy atom. The number of amides is 1. The summed E-state index contributed by atoms with van der Waals surface area (Å²) in [5, 5.41) is 3.02. The van der Waals surface area contributed by atoms with Crippen molar-refractivity contribution in [3.8, 4) is 0 Å². The number of nitrogens with zero attached hydrogens (tertiary/aromatic N) is 1. The molecular weight excluding hydrogens is 976 g/mol. The van der Waals surface area contributed by atoms with Gasteiger partial charge in [0.1, 0.15) is 19.3 Å². The van der Waals surface area contributed by atoms with Gasteiger partial charge in [0.25, 0.3) is 7.82 Å². The molecule has 1 N–H and O–H groups in total. The van der Waals surface area contributed by atoms with E-state index in [2.05, 4.69) is 99.0 Å². The second-order valence-corrected chi connectivity index (χ2v) is 23.9. The number of carbonyl (C=O) groups excluding carboxylic acids is 2. The first kappa shape index (κ1) is 74.2. The van der Waals surface area contributed by atoms with E-state index < -0.39 is 26.6 Å². The average molecular weight is 1100 g/mol. The van der Waals surface area contributed by atoms with E-state index in [1.807, 2.05) is 33.3 Å². The number of allylic oxidation sites excluding steroid dienone is 13. The van der Waals surface area contributed by atoms with Crippen LogP contribution in [0.25, 0.3) is 0 Å². The Hall–Kier alpha value is -2.81. The number of phosphoric ester groups is 1. The highest BCUT2D eigenvalue weighted by atomic mass is 31.2. The fraction of sp³-hybridized carbons (Fsp3) is 0.761. The van der Waals surface area contributed by atoms with Gasteiger partial charge in [-0.05, 0) is 102 Å². The van der Waals surface area contributed by atoms with Crippen LogP contribution in [0.1, 0.15) is 278 Å². The van der Waals surface area contributed by atoms with Gasteiger partial charge in [0.05, 0.1) is 33.8 Å². The lowest BCUT2D eigenvalue weighted by Crippen LogP contribution is -2.47. The SMILES string of the molecule is CC/C=C\C/C=C\C/C=C\C/C=C\C/C=C\CCCCCCCCCCCC(=O)NC(COP(=O)([O-])OCC[N+](C)(C)C)C(/C=C\CCCCCCCCCCCC)OC(=O)CCCCC/C=C\CCCCCCCCC. The van der Waals surface area contributed by atoms with Gasteiger partial charge in [-0.2, -0.15) is 0 Å². The molecule has 0 spiro atoms. The number of likely N-dealkylation sites (N-methyl/N-ethyl adjacent to an activating group) is 1. The smallest absolute Gasteiger partial charge is 0.306 e. The molecule has 0 bridgehead atoms. The minimum atomic E-state index is -4.71.